The number of hydrogen-bond acceptors (Lipinski definition) is 3. The second kappa shape index (κ2) is 7.16. The van der Waals surface area contributed by atoms with Crippen LogP contribution in [0, 0.1) is 5.92 Å². The highest BCUT2D eigenvalue weighted by Gasteiger charge is 2.29. The molecule has 2 amide bonds. The van der Waals surface area contributed by atoms with Crippen LogP contribution in [0.2, 0.25) is 0 Å². The molecule has 0 aromatic heterocycles. The van der Waals surface area contributed by atoms with Crippen molar-refractivity contribution in [1.82, 2.24) is 10.2 Å². The maximum absolute atomic E-state index is 12.0. The van der Waals surface area contributed by atoms with Crippen LogP contribution in [0.4, 0.5) is 4.79 Å². The minimum atomic E-state index is -0.446. The lowest BCUT2D eigenvalue weighted by Crippen LogP contribution is -2.35. The predicted octanol–water partition coefficient (Wildman–Crippen LogP) is 2.86. The Balaban J connectivity index is 1.66. The summed E-state index contributed by atoms with van der Waals surface area (Å²) >= 11 is 0. The zero-order valence-electron chi connectivity index (χ0n) is 14.0. The Kier molecular flexibility index (Phi) is 5.48. The van der Waals surface area contributed by atoms with E-state index in [0.29, 0.717) is 12.5 Å². The van der Waals surface area contributed by atoms with Crippen molar-refractivity contribution in [2.75, 3.05) is 19.6 Å². The van der Waals surface area contributed by atoms with Gasteiger partial charge in [-0.15, -0.1) is 0 Å². The first-order valence-electron chi connectivity index (χ1n) is 8.30. The van der Waals surface area contributed by atoms with Crippen LogP contribution in [0.25, 0.3) is 0 Å². The van der Waals surface area contributed by atoms with E-state index in [1.165, 1.54) is 0 Å². The van der Waals surface area contributed by atoms with Crippen LogP contribution in [0.1, 0.15) is 52.9 Å². The number of hydrogen-bond donors (Lipinski definition) is 1. The highest BCUT2D eigenvalue weighted by molar-refractivity contribution is 5.93. The third kappa shape index (κ3) is 5.04. The molecular formula is C17H28N2O3. The Bertz CT molecular complexity index is 451. The number of nitrogens with zero attached hydrogens (tertiary/aromatic N) is 1. The van der Waals surface area contributed by atoms with Crippen LogP contribution in [0.3, 0.4) is 0 Å². The smallest absolute Gasteiger partial charge is 0.410 e. The van der Waals surface area contributed by atoms with Gasteiger partial charge in [0.25, 0.3) is 0 Å². The highest BCUT2D eigenvalue weighted by atomic mass is 16.6. The molecule has 0 saturated carbocycles. The summed E-state index contributed by atoms with van der Waals surface area (Å²) in [7, 11) is 0. The van der Waals surface area contributed by atoms with Crippen LogP contribution in [-0.4, -0.2) is 42.1 Å². The van der Waals surface area contributed by atoms with Gasteiger partial charge in [0.05, 0.1) is 0 Å². The molecule has 1 atom stereocenters. The van der Waals surface area contributed by atoms with Crippen LogP contribution in [-0.2, 0) is 9.53 Å². The van der Waals surface area contributed by atoms with Gasteiger partial charge in [0.15, 0.2) is 0 Å². The van der Waals surface area contributed by atoms with Gasteiger partial charge in [-0.2, -0.15) is 0 Å². The minimum Gasteiger partial charge on any atom is -0.444 e. The monoisotopic (exact) mass is 308 g/mol. The summed E-state index contributed by atoms with van der Waals surface area (Å²) in [5.41, 5.74) is 0.486. The van der Waals surface area contributed by atoms with Crippen LogP contribution in [0.5, 0.6) is 0 Å². The van der Waals surface area contributed by atoms with Crippen molar-refractivity contribution >= 4 is 12.0 Å². The predicted molar refractivity (Wildman–Crippen MR) is 85.5 cm³/mol. The lowest BCUT2D eigenvalue weighted by molar-refractivity contribution is -0.117. The zero-order valence-corrected chi connectivity index (χ0v) is 14.0. The van der Waals surface area contributed by atoms with E-state index in [1.807, 2.05) is 26.8 Å². The van der Waals surface area contributed by atoms with Gasteiger partial charge in [-0.25, -0.2) is 4.79 Å². The third-order valence-corrected chi connectivity index (χ3v) is 4.11. The average molecular weight is 308 g/mol. The van der Waals surface area contributed by atoms with E-state index < -0.39 is 5.60 Å². The van der Waals surface area contributed by atoms with Crippen LogP contribution >= 0.6 is 0 Å². The molecule has 1 aliphatic carbocycles. The molecule has 0 bridgehead atoms. The van der Waals surface area contributed by atoms with Crippen molar-refractivity contribution in [3.63, 3.8) is 0 Å². The van der Waals surface area contributed by atoms with Gasteiger partial charge < -0.3 is 15.0 Å². The summed E-state index contributed by atoms with van der Waals surface area (Å²) in [6, 6.07) is 0. The largest absolute Gasteiger partial charge is 0.444 e. The van der Waals surface area contributed by atoms with E-state index >= 15 is 0 Å². The Morgan fingerprint density at radius 1 is 1.41 bits per heavy atom. The maximum Gasteiger partial charge on any atom is 0.410 e. The van der Waals surface area contributed by atoms with Gasteiger partial charge in [0.1, 0.15) is 5.60 Å². The molecule has 1 saturated heterocycles. The number of carbonyl (C=O) groups is 2. The molecule has 22 heavy (non-hydrogen) atoms. The second-order valence-electron chi connectivity index (χ2n) is 7.25. The number of carbonyl (C=O) groups excluding carboxylic acids is 2. The van der Waals surface area contributed by atoms with Gasteiger partial charge in [-0.1, -0.05) is 6.08 Å². The molecule has 1 heterocycles. The molecule has 2 aliphatic rings. The van der Waals surface area contributed by atoms with Crippen molar-refractivity contribution in [1.29, 1.82) is 0 Å². The van der Waals surface area contributed by atoms with Gasteiger partial charge in [-0.05, 0) is 58.8 Å². The van der Waals surface area contributed by atoms with E-state index in [2.05, 4.69) is 5.32 Å². The van der Waals surface area contributed by atoms with E-state index in [9.17, 15) is 9.59 Å². The molecule has 1 aliphatic heterocycles. The first kappa shape index (κ1) is 16.8. The van der Waals surface area contributed by atoms with Crippen LogP contribution in [0.15, 0.2) is 11.6 Å². The molecule has 5 nitrogen and oxygen atoms in total. The summed E-state index contributed by atoms with van der Waals surface area (Å²) in [6.45, 7) is 7.80. The topological polar surface area (TPSA) is 58.6 Å². The van der Waals surface area contributed by atoms with E-state index in [-0.39, 0.29) is 12.0 Å². The number of ether oxygens (including phenoxy) is 1. The standard InChI is InChI=1S/C17H28N2O3/c1-17(2,3)22-16(21)19-11-9-13(12-19)8-10-18-15(20)14-6-4-5-7-14/h6,13H,4-5,7-12H2,1-3H3,(H,18,20)/t13-/m0/s1. The van der Waals surface area contributed by atoms with Crippen LogP contribution < -0.4 is 5.32 Å². The molecular weight excluding hydrogens is 280 g/mol. The number of amides is 2. The molecule has 0 aromatic carbocycles. The normalized spacial score (nSPS) is 21.7. The molecule has 1 N–H and O–H groups in total. The van der Waals surface area contributed by atoms with Crippen molar-refractivity contribution in [3.8, 4) is 0 Å². The quantitative estimate of drug-likeness (QED) is 0.869. The Hall–Kier alpha value is -1.52. The summed E-state index contributed by atoms with van der Waals surface area (Å²) < 4.78 is 5.39. The van der Waals surface area contributed by atoms with Crippen molar-refractivity contribution < 1.29 is 14.3 Å². The van der Waals surface area contributed by atoms with Gasteiger partial charge in [0, 0.05) is 25.2 Å². The van der Waals surface area contributed by atoms with Crippen molar-refractivity contribution in [3.05, 3.63) is 11.6 Å². The molecule has 5 heteroatoms. The zero-order chi connectivity index (χ0) is 16.2. The Morgan fingerprint density at radius 3 is 2.82 bits per heavy atom. The van der Waals surface area contributed by atoms with E-state index in [0.717, 1.165) is 50.8 Å². The number of rotatable bonds is 4. The van der Waals surface area contributed by atoms with E-state index in [1.54, 1.807) is 4.90 Å². The summed E-state index contributed by atoms with van der Waals surface area (Å²) in [5.74, 6) is 0.532. The maximum atomic E-state index is 12.0. The number of nitrogens with one attached hydrogen (secondary N) is 1. The summed E-state index contributed by atoms with van der Waals surface area (Å²) in [5, 5.41) is 2.99. The minimum absolute atomic E-state index is 0.0829. The Morgan fingerprint density at radius 2 is 2.18 bits per heavy atom. The molecule has 0 aromatic rings. The number of allylic oxidation sites excluding steroid dienone is 1. The first-order valence-corrected chi connectivity index (χ1v) is 8.30. The summed E-state index contributed by atoms with van der Waals surface area (Å²) in [6.07, 6.45) is 6.73. The van der Waals surface area contributed by atoms with Gasteiger partial charge >= 0.3 is 6.09 Å². The Labute approximate surface area is 133 Å². The lowest BCUT2D eigenvalue weighted by atomic mass is 10.1. The van der Waals surface area contributed by atoms with Gasteiger partial charge in [0.2, 0.25) is 5.91 Å². The van der Waals surface area contributed by atoms with E-state index in [4.69, 9.17) is 4.74 Å². The lowest BCUT2D eigenvalue weighted by Gasteiger charge is -2.24. The average Bonchev–Trinajstić information content (AvgIpc) is 3.08. The fraction of sp³-hybridized carbons (Fsp3) is 0.765. The van der Waals surface area contributed by atoms with Gasteiger partial charge in [-0.3, -0.25) is 4.79 Å². The molecule has 1 fully saturated rings. The molecule has 2 rings (SSSR count). The molecule has 0 unspecified atom stereocenters. The highest BCUT2D eigenvalue weighted by Crippen LogP contribution is 2.22. The number of likely N-dealkylation sites (tertiary alicyclic amines) is 1. The fourth-order valence-electron chi connectivity index (χ4n) is 2.94. The SMILES string of the molecule is CC(C)(C)OC(=O)N1CC[C@H](CCNC(=O)C2=CCCC2)C1. The second-order valence-corrected chi connectivity index (χ2v) is 7.25. The van der Waals surface area contributed by atoms with Crippen molar-refractivity contribution in [2.45, 2.75) is 58.5 Å². The fourth-order valence-corrected chi connectivity index (χ4v) is 2.94. The molecule has 0 spiro atoms. The first-order chi connectivity index (χ1) is 10.3. The molecule has 0 radical (unpaired) electrons. The summed E-state index contributed by atoms with van der Waals surface area (Å²) in [4.78, 5) is 25.6. The molecule has 124 valence electrons. The van der Waals surface area contributed by atoms with Crippen molar-refractivity contribution in [2.24, 2.45) is 5.92 Å². The third-order valence-electron chi connectivity index (χ3n) is 4.11.